The van der Waals surface area contributed by atoms with Crippen LogP contribution in [0.3, 0.4) is 0 Å². The van der Waals surface area contributed by atoms with E-state index < -0.39 is 11.7 Å². The predicted molar refractivity (Wildman–Crippen MR) is 104 cm³/mol. The van der Waals surface area contributed by atoms with Crippen molar-refractivity contribution < 1.29 is 18.0 Å². The second kappa shape index (κ2) is 8.27. The van der Waals surface area contributed by atoms with Crippen molar-refractivity contribution in [3.8, 4) is 0 Å². The van der Waals surface area contributed by atoms with Crippen LogP contribution in [0.1, 0.15) is 28.9 Å². The molecule has 10 heteroatoms. The van der Waals surface area contributed by atoms with Crippen LogP contribution in [0, 0.1) is 0 Å². The number of piperidine rings is 1. The number of benzene rings is 1. The molecule has 2 aliphatic heterocycles. The summed E-state index contributed by atoms with van der Waals surface area (Å²) in [4.78, 5) is 18.7. The minimum Gasteiger partial charge on any atom is -0.369 e. The van der Waals surface area contributed by atoms with Gasteiger partial charge in [0.25, 0.3) is 5.91 Å². The van der Waals surface area contributed by atoms with Gasteiger partial charge in [-0.25, -0.2) is 0 Å². The maximum atomic E-state index is 13.0. The number of carbonyl (C=O) groups is 1. The zero-order valence-corrected chi connectivity index (χ0v) is 16.6. The number of amides is 1. The summed E-state index contributed by atoms with van der Waals surface area (Å²) < 4.78 is 42.7. The second-order valence-corrected chi connectivity index (χ2v) is 8.02. The lowest BCUT2D eigenvalue weighted by Gasteiger charge is -2.43. The highest BCUT2D eigenvalue weighted by Gasteiger charge is 2.33. The number of hydrogen-bond donors (Lipinski definition) is 0. The summed E-state index contributed by atoms with van der Waals surface area (Å²) in [5, 5.41) is 5.54. The summed E-state index contributed by atoms with van der Waals surface area (Å²) in [6.07, 6.45) is -2.38. The molecule has 6 nitrogen and oxygen atoms in total. The lowest BCUT2D eigenvalue weighted by atomic mass is 10.0. The molecule has 2 aromatic rings. The summed E-state index contributed by atoms with van der Waals surface area (Å²) in [5.41, 5.74) is 0.386. The average molecular weight is 425 g/mol. The average Bonchev–Trinajstić information content (AvgIpc) is 3.28. The van der Waals surface area contributed by atoms with E-state index in [0.717, 1.165) is 38.5 Å². The van der Waals surface area contributed by atoms with Gasteiger partial charge < -0.3 is 9.80 Å². The van der Waals surface area contributed by atoms with Gasteiger partial charge >= 0.3 is 6.18 Å². The number of alkyl halides is 3. The summed E-state index contributed by atoms with van der Waals surface area (Å²) in [7, 11) is 0. The first-order valence-corrected chi connectivity index (χ1v) is 10.5. The van der Waals surface area contributed by atoms with Gasteiger partial charge in [0.2, 0.25) is 0 Å². The third-order valence-electron chi connectivity index (χ3n) is 5.63. The van der Waals surface area contributed by atoms with Crippen LogP contribution in [0.5, 0.6) is 0 Å². The highest BCUT2D eigenvalue weighted by molar-refractivity contribution is 7.03. The maximum absolute atomic E-state index is 13.0. The number of halogens is 3. The van der Waals surface area contributed by atoms with Crippen LogP contribution in [0.2, 0.25) is 0 Å². The molecule has 2 saturated heterocycles. The lowest BCUT2D eigenvalue weighted by molar-refractivity contribution is -0.137. The third kappa shape index (κ3) is 4.53. The third-order valence-corrected chi connectivity index (χ3v) is 6.14. The topological polar surface area (TPSA) is 52.6 Å². The molecule has 0 saturated carbocycles. The van der Waals surface area contributed by atoms with E-state index in [1.807, 2.05) is 9.80 Å². The number of likely N-dealkylation sites (tertiary alicyclic amines) is 1. The van der Waals surface area contributed by atoms with E-state index in [1.54, 1.807) is 11.4 Å². The van der Waals surface area contributed by atoms with Crippen LogP contribution in [0.15, 0.2) is 29.6 Å². The molecule has 0 radical (unpaired) electrons. The number of carbonyl (C=O) groups excluding carboxylic acids is 1. The molecule has 0 aliphatic carbocycles. The number of aromatic nitrogens is 2. The number of rotatable bonds is 3. The smallest absolute Gasteiger partial charge is 0.369 e. The van der Waals surface area contributed by atoms with Crippen molar-refractivity contribution in [3.63, 3.8) is 0 Å². The highest BCUT2D eigenvalue weighted by Crippen LogP contribution is 2.32. The van der Waals surface area contributed by atoms with Crippen molar-refractivity contribution in [1.82, 2.24) is 19.4 Å². The molecule has 1 amide bonds. The van der Waals surface area contributed by atoms with E-state index in [1.165, 1.54) is 23.7 Å². The van der Waals surface area contributed by atoms with Crippen molar-refractivity contribution in [3.05, 3.63) is 40.9 Å². The minimum absolute atomic E-state index is 0.0777. The van der Waals surface area contributed by atoms with Gasteiger partial charge in [0.05, 0.1) is 5.56 Å². The Kier molecular flexibility index (Phi) is 5.73. The van der Waals surface area contributed by atoms with E-state index in [2.05, 4.69) is 14.5 Å². The molecular formula is C19H22F3N5OS. The van der Waals surface area contributed by atoms with E-state index in [4.69, 9.17) is 0 Å². The van der Waals surface area contributed by atoms with Gasteiger partial charge in [0.1, 0.15) is 0 Å². The summed E-state index contributed by atoms with van der Waals surface area (Å²) in [6, 6.07) is 5.78. The molecule has 1 atom stereocenters. The molecular weight excluding hydrogens is 403 g/mol. The molecule has 4 rings (SSSR count). The first kappa shape index (κ1) is 20.1. The molecule has 0 spiro atoms. The first-order chi connectivity index (χ1) is 13.9. The molecule has 3 heterocycles. The number of hydrogen-bond acceptors (Lipinski definition) is 6. The molecule has 1 aromatic heterocycles. The normalized spacial score (nSPS) is 21.4. The Morgan fingerprint density at radius 3 is 2.62 bits per heavy atom. The van der Waals surface area contributed by atoms with Gasteiger partial charge in [-0.15, -0.1) is 5.10 Å². The van der Waals surface area contributed by atoms with Crippen LogP contribution in [0.4, 0.5) is 18.9 Å². The quantitative estimate of drug-likeness (QED) is 0.757. The van der Waals surface area contributed by atoms with Gasteiger partial charge in [-0.2, -0.15) is 13.2 Å². The molecule has 2 aliphatic rings. The molecule has 29 heavy (non-hydrogen) atoms. The maximum Gasteiger partial charge on any atom is 0.416 e. The Labute approximate surface area is 171 Å². The number of piperazine rings is 1. The zero-order valence-electron chi connectivity index (χ0n) is 15.8. The first-order valence-electron chi connectivity index (χ1n) is 9.64. The molecule has 0 N–H and O–H groups in total. The van der Waals surface area contributed by atoms with E-state index in [-0.39, 0.29) is 11.9 Å². The van der Waals surface area contributed by atoms with E-state index in [0.29, 0.717) is 31.0 Å². The van der Waals surface area contributed by atoms with Crippen molar-refractivity contribution in [2.45, 2.75) is 25.1 Å². The standard InChI is InChI=1S/C19H22F3N5OS/c20-19(21,22)14-3-1-4-15(11-14)25-7-9-26(10-8-25)16-5-2-6-27(12-16)18(28)17-13-29-24-23-17/h1,3-4,11,13,16H,2,5-10,12H2/t16-/m1/s1. The molecule has 2 fully saturated rings. The van der Waals surface area contributed by atoms with E-state index >= 15 is 0 Å². The molecule has 156 valence electrons. The molecule has 0 unspecified atom stereocenters. The minimum atomic E-state index is -4.33. The summed E-state index contributed by atoms with van der Waals surface area (Å²) in [5.74, 6) is -0.0777. The Morgan fingerprint density at radius 2 is 1.93 bits per heavy atom. The van der Waals surface area contributed by atoms with Gasteiger partial charge in [0, 0.05) is 56.4 Å². The van der Waals surface area contributed by atoms with Crippen molar-refractivity contribution in [2.24, 2.45) is 0 Å². The monoisotopic (exact) mass is 425 g/mol. The van der Waals surface area contributed by atoms with Crippen LogP contribution >= 0.6 is 11.5 Å². The largest absolute Gasteiger partial charge is 0.416 e. The molecule has 1 aromatic carbocycles. The fraction of sp³-hybridized carbons (Fsp3) is 0.526. The predicted octanol–water partition coefficient (Wildman–Crippen LogP) is 2.98. The Hall–Kier alpha value is -2.20. The summed E-state index contributed by atoms with van der Waals surface area (Å²) in [6.45, 7) is 4.24. The fourth-order valence-corrected chi connectivity index (χ4v) is 4.51. The van der Waals surface area contributed by atoms with Crippen molar-refractivity contribution in [1.29, 1.82) is 0 Å². The Morgan fingerprint density at radius 1 is 1.14 bits per heavy atom. The highest BCUT2D eigenvalue weighted by atomic mass is 32.1. The van der Waals surface area contributed by atoms with E-state index in [9.17, 15) is 18.0 Å². The van der Waals surface area contributed by atoms with Crippen LogP contribution in [0.25, 0.3) is 0 Å². The van der Waals surface area contributed by atoms with Gasteiger partial charge in [0.15, 0.2) is 5.69 Å². The van der Waals surface area contributed by atoms with Crippen molar-refractivity contribution in [2.75, 3.05) is 44.2 Å². The lowest BCUT2D eigenvalue weighted by Crippen LogP contribution is -2.56. The van der Waals surface area contributed by atoms with Crippen LogP contribution in [-0.2, 0) is 6.18 Å². The number of anilines is 1. The Bertz CT molecular complexity index is 837. The van der Waals surface area contributed by atoms with Crippen LogP contribution in [-0.4, -0.2) is 70.6 Å². The number of nitrogens with zero attached hydrogens (tertiary/aromatic N) is 5. The summed E-state index contributed by atoms with van der Waals surface area (Å²) >= 11 is 1.17. The van der Waals surface area contributed by atoms with Gasteiger partial charge in [-0.05, 0) is 42.6 Å². The van der Waals surface area contributed by atoms with Crippen molar-refractivity contribution >= 4 is 23.1 Å². The fourth-order valence-electron chi connectivity index (χ4n) is 4.08. The zero-order chi connectivity index (χ0) is 20.4. The van der Waals surface area contributed by atoms with Crippen LogP contribution < -0.4 is 4.90 Å². The Balaban J connectivity index is 1.35. The second-order valence-electron chi connectivity index (χ2n) is 7.41. The van der Waals surface area contributed by atoms with Gasteiger partial charge in [-0.1, -0.05) is 10.6 Å². The van der Waals surface area contributed by atoms with Gasteiger partial charge in [-0.3, -0.25) is 9.69 Å². The SMILES string of the molecule is O=C(c1csnn1)N1CCC[C@@H](N2CCN(c3cccc(C(F)(F)F)c3)CC2)C1. The molecule has 0 bridgehead atoms.